The lowest BCUT2D eigenvalue weighted by atomic mass is 10.2. The number of hydrogen-bond acceptors (Lipinski definition) is 6. The van der Waals surface area contributed by atoms with Crippen LogP contribution in [0.2, 0.25) is 0 Å². The summed E-state index contributed by atoms with van der Waals surface area (Å²) in [6.45, 7) is 7.27. The smallest absolute Gasteiger partial charge is 0.258 e. The lowest BCUT2D eigenvalue weighted by Crippen LogP contribution is -2.48. The van der Waals surface area contributed by atoms with E-state index in [9.17, 15) is 22.0 Å². The predicted octanol–water partition coefficient (Wildman–Crippen LogP) is 3.29. The van der Waals surface area contributed by atoms with Crippen LogP contribution < -0.4 is 5.32 Å². The third kappa shape index (κ3) is 6.23. The number of piperazine rings is 1. The van der Waals surface area contributed by atoms with Gasteiger partial charge in [0.2, 0.25) is 10.0 Å². The number of nitrogens with zero attached hydrogens (tertiary/aromatic N) is 4. The molecule has 3 N–H and O–H groups in total. The van der Waals surface area contributed by atoms with Gasteiger partial charge in [0.1, 0.15) is 18.2 Å². The zero-order valence-corrected chi connectivity index (χ0v) is 21.7. The molecule has 1 fully saturated rings. The van der Waals surface area contributed by atoms with E-state index in [1.807, 2.05) is 18.2 Å². The summed E-state index contributed by atoms with van der Waals surface area (Å²) in [6.07, 6.45) is 4.60. The average molecular weight is 546 g/mol. The van der Waals surface area contributed by atoms with E-state index in [-0.39, 0.29) is 11.4 Å². The summed E-state index contributed by atoms with van der Waals surface area (Å²) >= 11 is 0. The van der Waals surface area contributed by atoms with Crippen LogP contribution in [-0.4, -0.2) is 82.3 Å². The first-order valence-corrected chi connectivity index (χ1v) is 13.6. The van der Waals surface area contributed by atoms with Crippen molar-refractivity contribution in [2.24, 2.45) is 0 Å². The van der Waals surface area contributed by atoms with Crippen LogP contribution in [0.4, 0.5) is 14.5 Å². The van der Waals surface area contributed by atoms with E-state index in [1.165, 1.54) is 6.20 Å². The first-order valence-electron chi connectivity index (χ1n) is 12.0. The molecule has 0 saturated carbocycles. The Kier molecular flexibility index (Phi) is 8.49. The van der Waals surface area contributed by atoms with E-state index >= 15 is 0 Å². The normalized spacial score (nSPS) is 15.9. The van der Waals surface area contributed by atoms with Gasteiger partial charge >= 0.3 is 0 Å². The lowest BCUT2D eigenvalue weighted by Gasteiger charge is -2.33. The van der Waals surface area contributed by atoms with Crippen LogP contribution in [0.15, 0.2) is 60.6 Å². The van der Waals surface area contributed by atoms with Crippen LogP contribution in [0.3, 0.4) is 0 Å². The van der Waals surface area contributed by atoms with Gasteiger partial charge in [0.25, 0.3) is 5.91 Å². The maximum absolute atomic E-state index is 14.1. The van der Waals surface area contributed by atoms with E-state index in [0.717, 1.165) is 29.3 Å². The van der Waals surface area contributed by atoms with Gasteiger partial charge in [-0.05, 0) is 30.7 Å². The van der Waals surface area contributed by atoms with Crippen LogP contribution in [0, 0.1) is 0 Å². The van der Waals surface area contributed by atoms with Gasteiger partial charge in [-0.25, -0.2) is 22.2 Å². The molecule has 0 aliphatic carbocycles. The average Bonchev–Trinajstić information content (AvgIpc) is 3.55. The highest BCUT2D eigenvalue weighted by molar-refractivity contribution is 7.89. The summed E-state index contributed by atoms with van der Waals surface area (Å²) in [5.41, 5.74) is 2.78. The number of benzene rings is 1. The Morgan fingerprint density at radius 3 is 2.74 bits per heavy atom. The highest BCUT2D eigenvalue weighted by Gasteiger charge is 2.25. The molecule has 3 heterocycles. The van der Waals surface area contributed by atoms with Crippen LogP contribution in [0.1, 0.15) is 12.5 Å². The van der Waals surface area contributed by atoms with E-state index in [0.29, 0.717) is 49.8 Å². The molecule has 202 valence electrons. The van der Waals surface area contributed by atoms with Crippen LogP contribution >= 0.6 is 0 Å². The lowest BCUT2D eigenvalue weighted by molar-refractivity contribution is -0.112. The third-order valence-electron chi connectivity index (χ3n) is 6.20. The van der Waals surface area contributed by atoms with Gasteiger partial charge in [-0.1, -0.05) is 24.8 Å². The standard InChI is InChI=1S/C25H29F2N7O3S/c1-3-38(36,37)34-12-10-33(11-13-34)16-18-7-8-20-21(14-18)30-24(29-20)23-22(15-28-32-23)31-25(35)17(2)19(27)6-4-5-9-26/h4-8,14-15H,2-3,9-13,16H2,1H3,(H,28,32)(H,29,30)(H,31,35)/b5-4-,19-6+. The molecule has 13 heteroatoms. The summed E-state index contributed by atoms with van der Waals surface area (Å²) in [5.74, 6) is -1.13. The molecule has 3 aromatic rings. The summed E-state index contributed by atoms with van der Waals surface area (Å²) < 4.78 is 52.0. The molecule has 0 bridgehead atoms. The zero-order valence-electron chi connectivity index (χ0n) is 20.9. The van der Waals surface area contributed by atoms with E-state index in [4.69, 9.17) is 0 Å². The summed E-state index contributed by atoms with van der Waals surface area (Å²) in [5, 5.41) is 9.32. The number of rotatable bonds is 10. The minimum absolute atomic E-state index is 0.107. The van der Waals surface area contributed by atoms with Crippen molar-refractivity contribution < 1.29 is 22.0 Å². The van der Waals surface area contributed by atoms with E-state index in [1.54, 1.807) is 11.2 Å². The highest BCUT2D eigenvalue weighted by atomic mass is 32.2. The fourth-order valence-corrected chi connectivity index (χ4v) is 5.14. The first kappa shape index (κ1) is 27.4. The van der Waals surface area contributed by atoms with E-state index < -0.39 is 34.0 Å². The second-order valence-corrected chi connectivity index (χ2v) is 11.0. The molecule has 1 aromatic carbocycles. The summed E-state index contributed by atoms with van der Waals surface area (Å²) in [7, 11) is -3.17. The summed E-state index contributed by atoms with van der Waals surface area (Å²) in [6, 6.07) is 5.82. The molecule has 1 aliphatic rings. The largest absolute Gasteiger partial charge is 0.337 e. The van der Waals surface area contributed by atoms with Crippen molar-refractivity contribution in [3.63, 3.8) is 0 Å². The Labute approximate surface area is 219 Å². The topological polar surface area (TPSA) is 127 Å². The zero-order chi connectivity index (χ0) is 27.3. The number of imidazole rings is 1. The van der Waals surface area contributed by atoms with Crippen molar-refractivity contribution in [2.45, 2.75) is 13.5 Å². The molecule has 4 rings (SSSR count). The Morgan fingerprint density at radius 2 is 2.03 bits per heavy atom. The number of carbonyl (C=O) groups is 1. The first-order chi connectivity index (χ1) is 18.2. The maximum atomic E-state index is 14.1. The number of sulfonamides is 1. The van der Waals surface area contributed by atoms with Gasteiger partial charge in [-0.3, -0.25) is 14.8 Å². The quantitative estimate of drug-likeness (QED) is 0.265. The molecule has 1 aliphatic heterocycles. The van der Waals surface area contributed by atoms with Crippen molar-refractivity contribution in [3.8, 4) is 11.5 Å². The van der Waals surface area contributed by atoms with Gasteiger partial charge in [0, 0.05) is 32.7 Å². The third-order valence-corrected chi connectivity index (χ3v) is 8.08. The molecule has 1 amide bonds. The number of amides is 1. The number of nitrogens with one attached hydrogen (secondary N) is 3. The SMILES string of the molecule is C=C(C(=O)Nc1cn[nH]c1-c1nc2ccc(CN3CCN(S(=O)(=O)CC)CC3)cc2[nH]1)/C(F)=C\C=C/CF. The van der Waals surface area contributed by atoms with Gasteiger partial charge in [0.05, 0.1) is 34.2 Å². The number of H-pyrrole nitrogens is 2. The Bertz CT molecular complexity index is 1490. The molecular formula is C25H29F2N7O3S. The molecule has 10 nitrogen and oxygen atoms in total. The van der Waals surface area contributed by atoms with Gasteiger partial charge in [-0.2, -0.15) is 9.40 Å². The fourth-order valence-electron chi connectivity index (χ4n) is 4.05. The molecule has 0 spiro atoms. The predicted molar refractivity (Wildman–Crippen MR) is 142 cm³/mol. The number of alkyl halides is 1. The number of aromatic amines is 2. The maximum Gasteiger partial charge on any atom is 0.258 e. The number of fused-ring (bicyclic) bond motifs is 1. The van der Waals surface area contributed by atoms with Crippen LogP contribution in [-0.2, 0) is 21.4 Å². The van der Waals surface area contributed by atoms with Crippen molar-refractivity contribution in [3.05, 3.63) is 66.2 Å². The van der Waals surface area contributed by atoms with Crippen LogP contribution in [0.5, 0.6) is 0 Å². The van der Waals surface area contributed by atoms with Gasteiger partial charge < -0.3 is 10.3 Å². The number of halogens is 2. The molecule has 0 unspecified atom stereocenters. The van der Waals surface area contributed by atoms with Crippen molar-refractivity contribution in [2.75, 3.05) is 43.9 Å². The number of anilines is 1. The molecule has 38 heavy (non-hydrogen) atoms. The fraction of sp³-hybridized carbons (Fsp3) is 0.320. The van der Waals surface area contributed by atoms with Crippen molar-refractivity contribution in [1.82, 2.24) is 29.4 Å². The minimum atomic E-state index is -3.17. The van der Waals surface area contributed by atoms with Gasteiger partial charge in [0.15, 0.2) is 5.82 Å². The monoisotopic (exact) mass is 545 g/mol. The number of allylic oxidation sites excluding steroid dienone is 3. The molecule has 2 aromatic heterocycles. The Hall–Kier alpha value is -3.68. The molecule has 0 radical (unpaired) electrons. The second kappa shape index (κ2) is 11.8. The van der Waals surface area contributed by atoms with Crippen molar-refractivity contribution in [1.29, 1.82) is 0 Å². The molecule has 0 atom stereocenters. The number of aromatic nitrogens is 4. The van der Waals surface area contributed by atoms with Crippen LogP contribution in [0.25, 0.3) is 22.6 Å². The second-order valence-electron chi connectivity index (χ2n) is 8.70. The Morgan fingerprint density at radius 1 is 1.26 bits per heavy atom. The summed E-state index contributed by atoms with van der Waals surface area (Å²) in [4.78, 5) is 22.5. The number of hydrogen-bond donors (Lipinski definition) is 3. The molecule has 1 saturated heterocycles. The molecular weight excluding hydrogens is 516 g/mol. The Balaban J connectivity index is 1.44. The van der Waals surface area contributed by atoms with Gasteiger partial charge in [-0.15, -0.1) is 0 Å². The van der Waals surface area contributed by atoms with Crippen molar-refractivity contribution >= 4 is 32.7 Å². The highest BCUT2D eigenvalue weighted by Crippen LogP contribution is 2.27. The number of carbonyl (C=O) groups excluding carboxylic acids is 1. The minimum Gasteiger partial charge on any atom is -0.337 e. The van der Waals surface area contributed by atoms with E-state index in [2.05, 4.69) is 37.0 Å².